The molecule has 5 aromatic rings. The topological polar surface area (TPSA) is 145 Å². The maximum atomic E-state index is 14.7. The van der Waals surface area contributed by atoms with Crippen LogP contribution < -0.4 is 10.1 Å². The van der Waals surface area contributed by atoms with Gasteiger partial charge in [-0.1, -0.05) is 24.3 Å². The van der Waals surface area contributed by atoms with Crippen molar-refractivity contribution in [3.05, 3.63) is 113 Å². The summed E-state index contributed by atoms with van der Waals surface area (Å²) in [6, 6.07) is 12.3. The summed E-state index contributed by atoms with van der Waals surface area (Å²) in [5, 5.41) is 8.44. The van der Waals surface area contributed by atoms with Crippen LogP contribution in [0.4, 0.5) is 5.82 Å². The number of benzene rings is 1. The van der Waals surface area contributed by atoms with Crippen LogP contribution in [-0.4, -0.2) is 70.9 Å². The van der Waals surface area contributed by atoms with E-state index in [0.29, 0.717) is 59.8 Å². The van der Waals surface area contributed by atoms with Crippen LogP contribution in [0.2, 0.25) is 0 Å². The molecule has 3 atom stereocenters. The maximum absolute atomic E-state index is 14.7. The molecule has 56 heavy (non-hydrogen) atoms. The Hall–Kier alpha value is -5.56. The summed E-state index contributed by atoms with van der Waals surface area (Å²) in [5.41, 5.74) is 4.85. The predicted octanol–water partition coefficient (Wildman–Crippen LogP) is 7.57. The number of ketones is 1. The number of pyridine rings is 2. The van der Waals surface area contributed by atoms with Gasteiger partial charge in [0.05, 0.1) is 12.1 Å². The predicted molar refractivity (Wildman–Crippen MR) is 218 cm³/mol. The Kier molecular flexibility index (Phi) is 11.2. The van der Waals surface area contributed by atoms with Gasteiger partial charge in [0, 0.05) is 59.9 Å². The Morgan fingerprint density at radius 1 is 1.02 bits per heavy atom. The van der Waals surface area contributed by atoms with Crippen LogP contribution in [-0.2, 0) is 29.0 Å². The molecule has 1 aliphatic heterocycles. The van der Waals surface area contributed by atoms with E-state index in [-0.39, 0.29) is 35.9 Å². The number of nitrogens with zero attached hydrogens (tertiary/aromatic N) is 7. The molecule has 1 aliphatic carbocycles. The molecule has 12 nitrogen and oxygen atoms in total. The van der Waals surface area contributed by atoms with Gasteiger partial charge in [-0.3, -0.25) is 19.1 Å². The molecule has 4 aromatic heterocycles. The van der Waals surface area contributed by atoms with E-state index in [1.807, 2.05) is 56.3 Å². The second-order valence-electron chi connectivity index (χ2n) is 14.8. The highest BCUT2D eigenvalue weighted by atomic mass is 79.9. The number of likely N-dealkylation sites (tertiary alicyclic amines) is 1. The number of nitrogens with one attached hydrogen (secondary N) is 1. The highest BCUT2D eigenvalue weighted by Crippen LogP contribution is 2.60. The molecular formula is C43H45BrN8O4. The summed E-state index contributed by atoms with van der Waals surface area (Å²) in [4.78, 5) is 61.6. The number of allylic oxidation sites excluding steroid dienone is 2. The fourth-order valence-corrected chi connectivity index (χ4v) is 8.07. The highest BCUT2D eigenvalue weighted by molar-refractivity contribution is 9.10. The van der Waals surface area contributed by atoms with Gasteiger partial charge >= 0.3 is 0 Å². The third-order valence-corrected chi connectivity index (χ3v) is 11.2. The number of fused-ring (bicyclic) bond motifs is 2. The second-order valence-corrected chi connectivity index (χ2v) is 15.6. The monoisotopic (exact) mass is 816 g/mol. The summed E-state index contributed by atoms with van der Waals surface area (Å²) < 4.78 is 8.49. The zero-order chi connectivity index (χ0) is 39.6. The Morgan fingerprint density at radius 3 is 2.57 bits per heavy atom. The van der Waals surface area contributed by atoms with Gasteiger partial charge in [-0.15, -0.1) is 13.2 Å². The number of carbonyl (C=O) groups excluding carboxylic acids is 3. The molecular weight excluding hydrogens is 772 g/mol. The van der Waals surface area contributed by atoms with Crippen molar-refractivity contribution in [3.8, 4) is 17.0 Å². The van der Waals surface area contributed by atoms with E-state index in [2.05, 4.69) is 60.4 Å². The lowest BCUT2D eigenvalue weighted by atomic mass is 9.97. The van der Waals surface area contributed by atoms with E-state index in [9.17, 15) is 14.4 Å². The Balaban J connectivity index is 1.23. The minimum Gasteiger partial charge on any atom is -0.477 e. The van der Waals surface area contributed by atoms with Gasteiger partial charge in [0.15, 0.2) is 5.78 Å². The SMILES string of the molecule is C=CCCCCc1cc(-c2cnc(C)nc2)cc2c(C(C)=O)nn(CC(=O)N3[C@H](C(=O)Nc4nc(Br)ccc4C)C[C@@]4(COc5cccc(CC=C)n5)C[C@@H]34)c12. The molecule has 2 fully saturated rings. The summed E-state index contributed by atoms with van der Waals surface area (Å²) in [5.74, 6) is 0.760. The average molecular weight is 818 g/mol. The number of carbonyl (C=O) groups is 3. The fourth-order valence-electron chi connectivity index (χ4n) is 7.76. The first-order chi connectivity index (χ1) is 27.0. The van der Waals surface area contributed by atoms with Crippen LogP contribution >= 0.6 is 15.9 Å². The number of halogens is 1. The van der Waals surface area contributed by atoms with Gasteiger partial charge in [0.2, 0.25) is 17.7 Å². The quantitative estimate of drug-likeness (QED) is 0.0462. The Morgan fingerprint density at radius 2 is 1.82 bits per heavy atom. The van der Waals surface area contributed by atoms with Gasteiger partial charge in [-0.05, 0) is 109 Å². The van der Waals surface area contributed by atoms with Crippen LogP contribution in [0.3, 0.4) is 0 Å². The minimum atomic E-state index is -0.786. The average Bonchev–Trinajstić information content (AvgIpc) is 3.59. The zero-order valence-corrected chi connectivity index (χ0v) is 33.5. The van der Waals surface area contributed by atoms with Crippen LogP contribution in [0.25, 0.3) is 22.0 Å². The van der Waals surface area contributed by atoms with Crippen LogP contribution in [0.5, 0.6) is 5.88 Å². The third-order valence-electron chi connectivity index (χ3n) is 10.7. The molecule has 1 saturated heterocycles. The van der Waals surface area contributed by atoms with Crippen molar-refractivity contribution < 1.29 is 19.1 Å². The molecule has 1 saturated carbocycles. The first-order valence-electron chi connectivity index (χ1n) is 18.9. The summed E-state index contributed by atoms with van der Waals surface area (Å²) in [6.45, 7) is 13.0. The molecule has 5 heterocycles. The van der Waals surface area contributed by atoms with Crippen molar-refractivity contribution in [3.63, 3.8) is 0 Å². The number of rotatable bonds is 16. The number of amides is 2. The van der Waals surface area contributed by atoms with Gasteiger partial charge in [0.25, 0.3) is 0 Å². The Bertz CT molecular complexity index is 2340. The van der Waals surface area contributed by atoms with Crippen molar-refractivity contribution in [2.75, 3.05) is 11.9 Å². The number of hydrogen-bond acceptors (Lipinski definition) is 9. The van der Waals surface area contributed by atoms with Crippen molar-refractivity contribution in [2.24, 2.45) is 5.41 Å². The van der Waals surface area contributed by atoms with E-state index < -0.39 is 11.5 Å². The number of ether oxygens (including phenoxy) is 1. The number of aromatic nitrogens is 6. The van der Waals surface area contributed by atoms with Crippen molar-refractivity contribution >= 4 is 50.2 Å². The van der Waals surface area contributed by atoms with Crippen molar-refractivity contribution in [2.45, 2.75) is 84.3 Å². The lowest BCUT2D eigenvalue weighted by Gasteiger charge is -2.27. The molecule has 2 amide bonds. The lowest BCUT2D eigenvalue weighted by molar-refractivity contribution is -0.138. The third kappa shape index (κ3) is 8.04. The molecule has 0 bridgehead atoms. The number of Topliss-reactive ketones (excluding diaryl/α,β-unsaturated/α-hetero) is 1. The highest BCUT2D eigenvalue weighted by Gasteiger charge is 2.67. The lowest BCUT2D eigenvalue weighted by Crippen LogP contribution is -2.47. The van der Waals surface area contributed by atoms with Crippen LogP contribution in [0.1, 0.15) is 72.2 Å². The van der Waals surface area contributed by atoms with E-state index in [0.717, 1.165) is 52.7 Å². The first-order valence-corrected chi connectivity index (χ1v) is 19.7. The normalized spacial score (nSPS) is 18.4. The van der Waals surface area contributed by atoms with Gasteiger partial charge < -0.3 is 15.0 Å². The summed E-state index contributed by atoms with van der Waals surface area (Å²) in [6.07, 6.45) is 12.3. The van der Waals surface area contributed by atoms with Gasteiger partial charge in [-0.2, -0.15) is 5.10 Å². The summed E-state index contributed by atoms with van der Waals surface area (Å²) >= 11 is 3.41. The fraction of sp³-hybridized carbons (Fsp3) is 0.349. The molecule has 1 N–H and O–H groups in total. The van der Waals surface area contributed by atoms with E-state index in [1.165, 1.54) is 6.92 Å². The van der Waals surface area contributed by atoms with E-state index in [4.69, 9.17) is 9.84 Å². The second kappa shape index (κ2) is 16.3. The van der Waals surface area contributed by atoms with E-state index >= 15 is 0 Å². The number of piperidine rings is 1. The molecule has 0 unspecified atom stereocenters. The van der Waals surface area contributed by atoms with E-state index in [1.54, 1.807) is 28.1 Å². The smallest absolute Gasteiger partial charge is 0.248 e. The molecule has 288 valence electrons. The molecule has 0 radical (unpaired) electrons. The standard InChI is InChI=1S/C43H45BrN8O4/c1-6-8-9-10-13-29-18-30(31-22-45-28(5)46-23-31)19-33-39(27(4)53)50-51(40(29)33)24-38(54)52-34(42(55)49-41-26(3)16-17-36(44)48-41)20-43(21-35(43)52)25-56-37-15-11-14-32(47-37)12-7-2/h6-7,11,14-19,22-23,34-35H,1-2,8-10,12-13,20-21,24-25H2,3-5H3,(H,48,49,55)/t34-,35+,43-/m0/s1. The molecule has 0 spiro atoms. The zero-order valence-electron chi connectivity index (χ0n) is 31.9. The number of unbranched alkanes of at least 4 members (excludes halogenated alkanes) is 2. The largest absolute Gasteiger partial charge is 0.477 e. The number of hydrogen-bond donors (Lipinski definition) is 1. The van der Waals surface area contributed by atoms with Crippen molar-refractivity contribution in [1.29, 1.82) is 0 Å². The molecule has 7 rings (SSSR count). The minimum absolute atomic E-state index is 0.160. The number of anilines is 1. The van der Waals surface area contributed by atoms with Crippen LogP contribution in [0.15, 0.2) is 84.8 Å². The van der Waals surface area contributed by atoms with Gasteiger partial charge in [0.1, 0.15) is 34.5 Å². The maximum Gasteiger partial charge on any atom is 0.248 e. The first kappa shape index (κ1) is 38.7. The van der Waals surface area contributed by atoms with Crippen molar-refractivity contribution in [1.82, 2.24) is 34.6 Å². The molecule has 1 aromatic carbocycles. The Labute approximate surface area is 334 Å². The molecule has 2 aliphatic rings. The number of aryl methyl sites for hydroxylation is 3. The van der Waals surface area contributed by atoms with Gasteiger partial charge in [-0.25, -0.2) is 19.9 Å². The van der Waals surface area contributed by atoms with Crippen LogP contribution in [0, 0.1) is 19.3 Å². The summed E-state index contributed by atoms with van der Waals surface area (Å²) in [7, 11) is 0. The molecule has 13 heteroatoms.